The topological polar surface area (TPSA) is 124 Å². The third-order valence-corrected chi connectivity index (χ3v) is 4.12. The molecule has 0 spiro atoms. The van der Waals surface area contributed by atoms with Gasteiger partial charge in [0.05, 0.1) is 17.9 Å². The summed E-state index contributed by atoms with van der Waals surface area (Å²) in [5.74, 6) is -0.113. The SMILES string of the molecule is Nc1ccc(S(=O)(=O)Nc2nccnn2)c2ncccc12. The van der Waals surface area contributed by atoms with Crippen molar-refractivity contribution in [1.29, 1.82) is 0 Å². The van der Waals surface area contributed by atoms with Gasteiger partial charge in [0, 0.05) is 17.3 Å². The summed E-state index contributed by atoms with van der Waals surface area (Å²) in [5.41, 5.74) is 6.57. The summed E-state index contributed by atoms with van der Waals surface area (Å²) in [7, 11) is -3.89. The summed E-state index contributed by atoms with van der Waals surface area (Å²) < 4.78 is 27.1. The van der Waals surface area contributed by atoms with Gasteiger partial charge in [0.25, 0.3) is 16.0 Å². The molecule has 21 heavy (non-hydrogen) atoms. The molecule has 9 heteroatoms. The van der Waals surface area contributed by atoms with Crippen molar-refractivity contribution in [3.63, 3.8) is 0 Å². The van der Waals surface area contributed by atoms with Gasteiger partial charge in [-0.15, -0.1) is 5.10 Å². The first kappa shape index (κ1) is 13.2. The van der Waals surface area contributed by atoms with E-state index in [9.17, 15) is 8.42 Å². The number of benzene rings is 1. The van der Waals surface area contributed by atoms with Crippen molar-refractivity contribution in [1.82, 2.24) is 20.2 Å². The van der Waals surface area contributed by atoms with E-state index in [2.05, 4.69) is 24.9 Å². The van der Waals surface area contributed by atoms with Crippen LogP contribution in [0.4, 0.5) is 11.6 Å². The number of rotatable bonds is 3. The molecular formula is C12H10N6O2S. The van der Waals surface area contributed by atoms with Crippen LogP contribution in [0.25, 0.3) is 10.9 Å². The smallest absolute Gasteiger partial charge is 0.266 e. The molecule has 0 saturated carbocycles. The fourth-order valence-electron chi connectivity index (χ4n) is 1.86. The highest BCUT2D eigenvalue weighted by Crippen LogP contribution is 2.26. The van der Waals surface area contributed by atoms with Crippen LogP contribution in [0, 0.1) is 0 Å². The average Bonchev–Trinajstić information content (AvgIpc) is 2.48. The van der Waals surface area contributed by atoms with E-state index < -0.39 is 10.0 Å². The van der Waals surface area contributed by atoms with Gasteiger partial charge in [0.15, 0.2) is 0 Å². The number of nitrogens with two attached hydrogens (primary N) is 1. The first-order valence-electron chi connectivity index (χ1n) is 5.88. The van der Waals surface area contributed by atoms with Crippen LogP contribution in [0.15, 0.2) is 47.8 Å². The van der Waals surface area contributed by atoms with Crippen LogP contribution >= 0.6 is 0 Å². The van der Waals surface area contributed by atoms with Gasteiger partial charge in [-0.3, -0.25) is 4.98 Å². The van der Waals surface area contributed by atoms with Gasteiger partial charge >= 0.3 is 0 Å². The van der Waals surface area contributed by atoms with Crippen LogP contribution in [-0.2, 0) is 10.0 Å². The number of aromatic nitrogens is 4. The van der Waals surface area contributed by atoms with Gasteiger partial charge in [-0.05, 0) is 24.3 Å². The van der Waals surface area contributed by atoms with E-state index in [1.54, 1.807) is 12.1 Å². The lowest BCUT2D eigenvalue weighted by molar-refractivity contribution is 0.601. The molecular weight excluding hydrogens is 292 g/mol. The van der Waals surface area contributed by atoms with Crippen LogP contribution in [0.3, 0.4) is 0 Å². The first-order valence-corrected chi connectivity index (χ1v) is 7.36. The van der Waals surface area contributed by atoms with Crippen molar-refractivity contribution >= 4 is 32.6 Å². The molecule has 0 bridgehead atoms. The number of anilines is 2. The Bertz CT molecular complexity index is 898. The zero-order valence-corrected chi connectivity index (χ0v) is 11.4. The molecule has 0 saturated heterocycles. The van der Waals surface area contributed by atoms with Crippen molar-refractivity contribution in [3.8, 4) is 0 Å². The highest BCUT2D eigenvalue weighted by atomic mass is 32.2. The van der Waals surface area contributed by atoms with Crippen LogP contribution in [0.1, 0.15) is 0 Å². The zero-order valence-electron chi connectivity index (χ0n) is 10.6. The van der Waals surface area contributed by atoms with Crippen molar-refractivity contribution in [2.75, 3.05) is 10.5 Å². The third-order valence-electron chi connectivity index (χ3n) is 2.76. The molecule has 2 heterocycles. The Kier molecular flexibility index (Phi) is 3.10. The number of hydrogen-bond acceptors (Lipinski definition) is 7. The van der Waals surface area contributed by atoms with Crippen LogP contribution in [0.2, 0.25) is 0 Å². The number of fused-ring (bicyclic) bond motifs is 1. The quantitative estimate of drug-likeness (QED) is 0.686. The number of nitrogens with zero attached hydrogens (tertiary/aromatic N) is 4. The lowest BCUT2D eigenvalue weighted by Crippen LogP contribution is -2.16. The number of sulfonamides is 1. The maximum atomic E-state index is 12.4. The fraction of sp³-hybridized carbons (Fsp3) is 0. The fourth-order valence-corrected chi connectivity index (χ4v) is 2.96. The van der Waals surface area contributed by atoms with Crippen LogP contribution in [0.5, 0.6) is 0 Å². The normalized spacial score (nSPS) is 11.4. The number of pyridine rings is 1. The van der Waals surface area contributed by atoms with E-state index in [1.807, 2.05) is 0 Å². The minimum atomic E-state index is -3.89. The predicted molar refractivity (Wildman–Crippen MR) is 76.8 cm³/mol. The van der Waals surface area contributed by atoms with Crippen molar-refractivity contribution in [2.24, 2.45) is 0 Å². The molecule has 3 rings (SSSR count). The lowest BCUT2D eigenvalue weighted by Gasteiger charge is -2.09. The molecule has 2 aromatic heterocycles. The Balaban J connectivity index is 2.14. The Hall–Kier alpha value is -2.81. The lowest BCUT2D eigenvalue weighted by atomic mass is 10.2. The summed E-state index contributed by atoms with van der Waals surface area (Å²) in [6, 6.07) is 6.30. The van der Waals surface area contributed by atoms with Crippen molar-refractivity contribution in [3.05, 3.63) is 42.9 Å². The van der Waals surface area contributed by atoms with Crippen LogP contribution < -0.4 is 10.5 Å². The second-order valence-corrected chi connectivity index (χ2v) is 5.78. The molecule has 0 aliphatic carbocycles. The van der Waals surface area contributed by atoms with Gasteiger partial charge in [0.1, 0.15) is 4.90 Å². The van der Waals surface area contributed by atoms with Gasteiger partial charge in [-0.2, -0.15) is 5.10 Å². The summed E-state index contributed by atoms with van der Waals surface area (Å²) in [6.07, 6.45) is 4.18. The molecule has 0 aliphatic rings. The minimum absolute atomic E-state index is 0.000229. The summed E-state index contributed by atoms with van der Waals surface area (Å²) >= 11 is 0. The van der Waals surface area contributed by atoms with Crippen molar-refractivity contribution < 1.29 is 8.42 Å². The summed E-state index contributed by atoms with van der Waals surface area (Å²) in [4.78, 5) is 7.87. The van der Waals surface area contributed by atoms with Crippen LogP contribution in [-0.4, -0.2) is 28.6 Å². The third kappa shape index (κ3) is 2.46. The number of nitrogen functional groups attached to an aromatic ring is 1. The van der Waals surface area contributed by atoms with E-state index in [4.69, 9.17) is 5.73 Å². The monoisotopic (exact) mass is 302 g/mol. The highest BCUT2D eigenvalue weighted by molar-refractivity contribution is 7.93. The number of nitrogens with one attached hydrogen (secondary N) is 1. The molecule has 0 radical (unpaired) electrons. The minimum Gasteiger partial charge on any atom is -0.398 e. The molecule has 3 aromatic rings. The Labute approximate surface area is 120 Å². The predicted octanol–water partition coefficient (Wildman–Crippen LogP) is 0.803. The Morgan fingerprint density at radius 1 is 1.05 bits per heavy atom. The van der Waals surface area contributed by atoms with E-state index in [0.29, 0.717) is 11.1 Å². The van der Waals surface area contributed by atoms with Gasteiger partial charge in [-0.1, -0.05) is 0 Å². The van der Waals surface area contributed by atoms with E-state index in [-0.39, 0.29) is 16.4 Å². The Morgan fingerprint density at radius 3 is 2.67 bits per heavy atom. The molecule has 8 nitrogen and oxygen atoms in total. The van der Waals surface area contributed by atoms with Crippen molar-refractivity contribution in [2.45, 2.75) is 4.90 Å². The molecule has 0 fully saturated rings. The molecule has 0 amide bonds. The van der Waals surface area contributed by atoms with Gasteiger partial charge in [0.2, 0.25) is 0 Å². The van der Waals surface area contributed by atoms with E-state index >= 15 is 0 Å². The van der Waals surface area contributed by atoms with Gasteiger partial charge in [-0.25, -0.2) is 18.1 Å². The molecule has 0 aliphatic heterocycles. The molecule has 1 aromatic carbocycles. The molecule has 0 atom stereocenters. The second-order valence-electron chi connectivity index (χ2n) is 4.12. The van der Waals surface area contributed by atoms with E-state index in [1.165, 1.54) is 30.7 Å². The zero-order chi connectivity index (χ0) is 14.9. The maximum Gasteiger partial charge on any atom is 0.266 e. The molecule has 3 N–H and O–H groups in total. The molecule has 106 valence electrons. The maximum absolute atomic E-state index is 12.4. The summed E-state index contributed by atoms with van der Waals surface area (Å²) in [6.45, 7) is 0. The largest absolute Gasteiger partial charge is 0.398 e. The summed E-state index contributed by atoms with van der Waals surface area (Å²) in [5, 5.41) is 7.72. The highest BCUT2D eigenvalue weighted by Gasteiger charge is 2.20. The second kappa shape index (κ2) is 4.94. The Morgan fingerprint density at radius 2 is 1.90 bits per heavy atom. The van der Waals surface area contributed by atoms with Gasteiger partial charge < -0.3 is 5.73 Å². The first-order chi connectivity index (χ1) is 10.1. The molecule has 0 unspecified atom stereocenters. The van der Waals surface area contributed by atoms with E-state index in [0.717, 1.165) is 0 Å². The standard InChI is InChI=1S/C12H10N6O2S/c13-9-3-4-10(11-8(9)2-1-5-14-11)21(19,20)18-12-15-6-7-16-17-12/h1-7H,13H2,(H,15,17,18). The average molecular weight is 302 g/mol. The number of hydrogen-bond donors (Lipinski definition) is 2.